The molecule has 2 aliphatic heterocycles. The maximum atomic E-state index is 12.2. The molecule has 6 nitrogen and oxygen atoms in total. The molecule has 230 valence electrons. The number of carboxylic acids is 2. The van der Waals surface area contributed by atoms with Crippen molar-refractivity contribution < 1.29 is 29.3 Å². The molecule has 2 heterocycles. The number of ether oxygens (including phenoxy) is 2. The first-order valence-electron chi connectivity index (χ1n) is 16.4. The molecule has 0 unspecified atom stereocenters. The molecule has 2 aromatic rings. The average molecular weight is 579 g/mol. The maximum absolute atomic E-state index is 12.2. The Balaban J connectivity index is 1.31. The van der Waals surface area contributed by atoms with Gasteiger partial charge in [0.25, 0.3) is 0 Å². The largest absolute Gasteiger partial charge is 0.479 e. The van der Waals surface area contributed by atoms with Crippen LogP contribution in [0, 0.1) is 0 Å². The maximum Gasteiger partial charge on any atom is 0.343 e. The fourth-order valence-electron chi connectivity index (χ4n) is 6.43. The molecule has 0 aromatic heterocycles. The summed E-state index contributed by atoms with van der Waals surface area (Å²) >= 11 is 0. The second-order valence-corrected chi connectivity index (χ2v) is 12.3. The minimum atomic E-state index is -1.24. The second-order valence-electron chi connectivity index (χ2n) is 12.3. The summed E-state index contributed by atoms with van der Waals surface area (Å²) in [5, 5.41) is 20.0. The Morgan fingerprint density at radius 3 is 1.17 bits per heavy atom. The minimum absolute atomic E-state index is 0.282. The summed E-state index contributed by atoms with van der Waals surface area (Å²) < 4.78 is 11.6. The van der Waals surface area contributed by atoms with E-state index in [9.17, 15) is 19.8 Å². The highest BCUT2D eigenvalue weighted by atomic mass is 16.6. The lowest BCUT2D eigenvalue weighted by Gasteiger charge is -2.12. The normalized spacial score (nSPS) is 24.4. The van der Waals surface area contributed by atoms with Gasteiger partial charge in [-0.15, -0.1) is 0 Å². The van der Waals surface area contributed by atoms with Crippen molar-refractivity contribution >= 4 is 11.9 Å². The molecule has 2 fully saturated rings. The van der Waals surface area contributed by atoms with Crippen molar-refractivity contribution in [2.24, 2.45) is 0 Å². The number of benzene rings is 2. The Morgan fingerprint density at radius 1 is 0.548 bits per heavy atom. The lowest BCUT2D eigenvalue weighted by Crippen LogP contribution is -2.24. The van der Waals surface area contributed by atoms with E-state index in [1.807, 2.05) is 48.5 Å². The van der Waals surface area contributed by atoms with E-state index in [1.165, 1.54) is 64.2 Å². The lowest BCUT2D eigenvalue weighted by molar-refractivity contribution is -0.144. The van der Waals surface area contributed by atoms with Gasteiger partial charge < -0.3 is 19.7 Å². The molecule has 2 aromatic carbocycles. The van der Waals surface area contributed by atoms with Crippen LogP contribution in [0.2, 0.25) is 0 Å². The third-order valence-electron chi connectivity index (χ3n) is 9.18. The number of hydrogen-bond acceptors (Lipinski definition) is 4. The molecule has 42 heavy (non-hydrogen) atoms. The second kappa shape index (κ2) is 15.2. The number of epoxide rings is 2. The molecule has 4 atom stereocenters. The van der Waals surface area contributed by atoms with Crippen LogP contribution in [0.25, 0.3) is 11.1 Å². The van der Waals surface area contributed by atoms with Gasteiger partial charge in [0.1, 0.15) is 12.2 Å². The molecule has 0 radical (unpaired) electrons. The van der Waals surface area contributed by atoms with Gasteiger partial charge in [0.15, 0.2) is 0 Å². The first kappa shape index (κ1) is 32.2. The van der Waals surface area contributed by atoms with Crippen molar-refractivity contribution in [3.63, 3.8) is 0 Å². The van der Waals surface area contributed by atoms with Crippen LogP contribution in [0.1, 0.15) is 128 Å². The van der Waals surface area contributed by atoms with Crippen LogP contribution >= 0.6 is 0 Å². The molecule has 4 rings (SSSR count). The zero-order valence-electron chi connectivity index (χ0n) is 25.6. The molecule has 0 saturated carbocycles. The molecule has 2 aliphatic rings. The van der Waals surface area contributed by atoms with Gasteiger partial charge in [-0.25, -0.2) is 9.59 Å². The van der Waals surface area contributed by atoms with E-state index in [4.69, 9.17) is 9.47 Å². The van der Waals surface area contributed by atoms with Crippen molar-refractivity contribution in [2.75, 3.05) is 0 Å². The Hall–Kier alpha value is -2.70. The van der Waals surface area contributed by atoms with Gasteiger partial charge >= 0.3 is 11.9 Å². The van der Waals surface area contributed by atoms with Crippen LogP contribution in [0.5, 0.6) is 0 Å². The molecule has 6 heteroatoms. The van der Waals surface area contributed by atoms with Crippen LogP contribution in [-0.4, -0.2) is 34.4 Å². The smallest absolute Gasteiger partial charge is 0.343 e. The fourth-order valence-corrected chi connectivity index (χ4v) is 6.43. The summed E-state index contributed by atoms with van der Waals surface area (Å²) in [4.78, 5) is 24.5. The van der Waals surface area contributed by atoms with Crippen LogP contribution < -0.4 is 0 Å². The van der Waals surface area contributed by atoms with E-state index >= 15 is 0 Å². The summed E-state index contributed by atoms with van der Waals surface area (Å²) in [6, 6.07) is 15.1. The first-order valence-corrected chi connectivity index (χ1v) is 16.4. The van der Waals surface area contributed by atoms with E-state index in [1.54, 1.807) is 0 Å². The van der Waals surface area contributed by atoms with E-state index in [-0.39, 0.29) is 12.2 Å². The summed E-state index contributed by atoms with van der Waals surface area (Å²) in [5.74, 6) is -1.86. The predicted molar refractivity (Wildman–Crippen MR) is 165 cm³/mol. The lowest BCUT2D eigenvalue weighted by atomic mass is 9.89. The number of carboxylic acid groups (broad SMARTS) is 2. The standard InChI is InChI=1S/C36H50O6/c1-3-5-7-9-11-13-15-17-31-35(41-31,33(37)38)29-23-19-27(20-24-29)28-21-25-30(26-22-28)36(34(39)40)32(42-36)18-16-14-12-10-8-6-4-2/h19-26,31-32H,3-18H2,1-2H3,(H,37,38)(H,39,40)/t31-,32-,35-,36-/m0/s1. The zero-order chi connectivity index (χ0) is 30.0. The van der Waals surface area contributed by atoms with Crippen LogP contribution in [0.15, 0.2) is 48.5 Å². The summed E-state index contributed by atoms with van der Waals surface area (Å²) in [6.07, 6.45) is 17.6. The Bertz CT molecular complexity index is 1050. The van der Waals surface area contributed by atoms with Gasteiger partial charge in [0, 0.05) is 0 Å². The Morgan fingerprint density at radius 2 is 0.857 bits per heavy atom. The molecule has 0 bridgehead atoms. The molecular weight excluding hydrogens is 528 g/mol. The highest BCUT2D eigenvalue weighted by Crippen LogP contribution is 2.50. The van der Waals surface area contributed by atoms with Gasteiger partial charge in [-0.3, -0.25) is 0 Å². The van der Waals surface area contributed by atoms with E-state index in [2.05, 4.69) is 13.8 Å². The van der Waals surface area contributed by atoms with Crippen molar-refractivity contribution in [3.8, 4) is 11.1 Å². The van der Waals surface area contributed by atoms with Crippen molar-refractivity contribution in [1.82, 2.24) is 0 Å². The van der Waals surface area contributed by atoms with Gasteiger partial charge in [0.2, 0.25) is 11.2 Å². The summed E-state index contributed by atoms with van der Waals surface area (Å²) in [7, 11) is 0. The monoisotopic (exact) mass is 578 g/mol. The minimum Gasteiger partial charge on any atom is -0.479 e. The topological polar surface area (TPSA) is 99.7 Å². The highest BCUT2D eigenvalue weighted by Gasteiger charge is 2.64. The fraction of sp³-hybridized carbons (Fsp3) is 0.611. The average Bonchev–Trinajstić information content (AvgIpc) is 3.91. The third kappa shape index (κ3) is 7.44. The number of carbonyl (C=O) groups is 2. The Kier molecular flexibility index (Phi) is 11.6. The number of aliphatic carboxylic acids is 2. The van der Waals surface area contributed by atoms with E-state index in [0.29, 0.717) is 11.1 Å². The van der Waals surface area contributed by atoms with Gasteiger partial charge in [-0.1, -0.05) is 152 Å². The molecule has 0 aliphatic carbocycles. The van der Waals surface area contributed by atoms with Crippen molar-refractivity contribution in [2.45, 2.75) is 140 Å². The SMILES string of the molecule is CCCCCCCCC[C@@H]1O[C@@]1(C(=O)O)c1ccc(-c2ccc([C@]3(C(=O)O)O[C@H]3CCCCCCCCC)cc2)cc1. The van der Waals surface area contributed by atoms with E-state index in [0.717, 1.165) is 49.7 Å². The quantitative estimate of drug-likeness (QED) is 0.113. The summed E-state index contributed by atoms with van der Waals surface area (Å²) in [6.45, 7) is 4.43. The predicted octanol–water partition coefficient (Wildman–Crippen LogP) is 8.99. The molecule has 0 amide bonds. The molecule has 0 spiro atoms. The third-order valence-corrected chi connectivity index (χ3v) is 9.18. The Labute approximate surface area is 251 Å². The van der Waals surface area contributed by atoms with Crippen molar-refractivity contribution in [1.29, 1.82) is 0 Å². The number of unbranched alkanes of at least 4 members (excludes halogenated alkanes) is 12. The number of hydrogen-bond donors (Lipinski definition) is 2. The van der Waals surface area contributed by atoms with Crippen LogP contribution in [-0.2, 0) is 30.3 Å². The van der Waals surface area contributed by atoms with Gasteiger partial charge in [0.05, 0.1) is 0 Å². The summed E-state index contributed by atoms with van der Waals surface area (Å²) in [5.41, 5.74) is 0.741. The highest BCUT2D eigenvalue weighted by molar-refractivity contribution is 5.85. The molecular formula is C36H50O6. The molecule has 2 N–H and O–H groups in total. The van der Waals surface area contributed by atoms with Crippen molar-refractivity contribution in [3.05, 3.63) is 59.7 Å². The van der Waals surface area contributed by atoms with Crippen LogP contribution in [0.4, 0.5) is 0 Å². The zero-order valence-corrected chi connectivity index (χ0v) is 25.6. The van der Waals surface area contributed by atoms with Gasteiger partial charge in [-0.2, -0.15) is 0 Å². The number of rotatable bonds is 21. The van der Waals surface area contributed by atoms with Crippen LogP contribution in [0.3, 0.4) is 0 Å². The van der Waals surface area contributed by atoms with Gasteiger partial charge in [-0.05, 0) is 35.1 Å². The molecule has 2 saturated heterocycles. The first-order chi connectivity index (χ1) is 20.4. The van der Waals surface area contributed by atoms with E-state index < -0.39 is 23.1 Å².